The Morgan fingerprint density at radius 1 is 1.29 bits per heavy atom. The van der Waals surface area contributed by atoms with Crippen molar-refractivity contribution in [1.29, 1.82) is 0 Å². The van der Waals surface area contributed by atoms with Gasteiger partial charge in [-0.2, -0.15) is 4.80 Å². The highest BCUT2D eigenvalue weighted by Crippen LogP contribution is 2.24. The predicted octanol–water partition coefficient (Wildman–Crippen LogP) is -0.531. The normalized spacial score (nSPS) is 12.4. The van der Waals surface area contributed by atoms with E-state index in [4.69, 9.17) is 10.2 Å². The van der Waals surface area contributed by atoms with E-state index in [0.29, 0.717) is 5.56 Å². The number of carbonyl (C=O) groups excluding carboxylic acids is 1. The molecule has 1 amide bonds. The van der Waals surface area contributed by atoms with Crippen molar-refractivity contribution in [3.63, 3.8) is 0 Å². The molecular formula is C19H19N7O5. The SMILES string of the molecule is Cc1cc2cc([C@@H](O)Cn3nnc(Cn4cc(C(N)=O)c(=O)n(C)c4=O)n3)ccc2o1. The summed E-state index contributed by atoms with van der Waals surface area (Å²) in [6, 6.07) is 7.24. The van der Waals surface area contributed by atoms with Gasteiger partial charge in [0.2, 0.25) is 0 Å². The van der Waals surface area contributed by atoms with Gasteiger partial charge in [-0.05, 0) is 35.9 Å². The predicted molar refractivity (Wildman–Crippen MR) is 107 cm³/mol. The molecule has 4 aromatic rings. The van der Waals surface area contributed by atoms with Crippen LogP contribution in [0.4, 0.5) is 0 Å². The first-order valence-electron chi connectivity index (χ1n) is 9.28. The number of furan rings is 1. The van der Waals surface area contributed by atoms with E-state index in [9.17, 15) is 19.5 Å². The Morgan fingerprint density at radius 2 is 2.06 bits per heavy atom. The van der Waals surface area contributed by atoms with Gasteiger partial charge in [0.05, 0.1) is 13.1 Å². The quantitative estimate of drug-likeness (QED) is 0.416. The summed E-state index contributed by atoms with van der Waals surface area (Å²) in [5.41, 5.74) is 4.83. The number of benzene rings is 1. The molecule has 31 heavy (non-hydrogen) atoms. The van der Waals surface area contributed by atoms with E-state index in [2.05, 4.69) is 15.4 Å². The maximum Gasteiger partial charge on any atom is 0.331 e. The summed E-state index contributed by atoms with van der Waals surface area (Å²) in [5, 5.41) is 23.3. The number of nitrogens with zero attached hydrogens (tertiary/aromatic N) is 6. The van der Waals surface area contributed by atoms with Crippen LogP contribution in [0.1, 0.15) is 33.6 Å². The Labute approximate surface area is 174 Å². The van der Waals surface area contributed by atoms with Crippen LogP contribution < -0.4 is 17.0 Å². The fourth-order valence-corrected chi connectivity index (χ4v) is 3.24. The highest BCUT2D eigenvalue weighted by atomic mass is 16.3. The molecule has 0 unspecified atom stereocenters. The van der Waals surface area contributed by atoms with Gasteiger partial charge in [0, 0.05) is 18.6 Å². The van der Waals surface area contributed by atoms with Gasteiger partial charge >= 0.3 is 5.69 Å². The zero-order chi connectivity index (χ0) is 22.3. The first-order chi connectivity index (χ1) is 14.7. The average molecular weight is 425 g/mol. The average Bonchev–Trinajstić information content (AvgIpc) is 3.32. The minimum atomic E-state index is -0.945. The molecule has 0 saturated carbocycles. The summed E-state index contributed by atoms with van der Waals surface area (Å²) in [6.07, 6.45) is 0.174. The summed E-state index contributed by atoms with van der Waals surface area (Å²) in [7, 11) is 1.24. The molecule has 1 atom stereocenters. The molecule has 0 bridgehead atoms. The lowest BCUT2D eigenvalue weighted by atomic mass is 10.1. The Morgan fingerprint density at radius 3 is 2.81 bits per heavy atom. The highest BCUT2D eigenvalue weighted by Gasteiger charge is 2.16. The second kappa shape index (κ2) is 7.65. The van der Waals surface area contributed by atoms with Crippen molar-refractivity contribution >= 4 is 16.9 Å². The van der Waals surface area contributed by atoms with Crippen molar-refractivity contribution in [2.75, 3.05) is 0 Å². The number of hydrogen-bond donors (Lipinski definition) is 2. The maximum absolute atomic E-state index is 12.3. The second-order valence-electron chi connectivity index (χ2n) is 7.11. The number of nitrogens with two attached hydrogens (primary N) is 1. The van der Waals surface area contributed by atoms with E-state index in [1.807, 2.05) is 19.1 Å². The lowest BCUT2D eigenvalue weighted by molar-refractivity contribution is 0.0997. The minimum Gasteiger partial charge on any atom is -0.461 e. The first kappa shape index (κ1) is 20.2. The Kier molecular flexibility index (Phi) is 4.99. The van der Waals surface area contributed by atoms with Gasteiger partial charge in [0.1, 0.15) is 23.0 Å². The Hall–Kier alpha value is -4.06. The molecule has 12 heteroatoms. The highest BCUT2D eigenvalue weighted by molar-refractivity contribution is 5.92. The molecule has 3 N–H and O–H groups in total. The number of aromatic nitrogens is 6. The minimum absolute atomic E-state index is 0.0318. The zero-order valence-electron chi connectivity index (χ0n) is 16.7. The molecule has 4 rings (SSSR count). The Balaban J connectivity index is 1.54. The number of aliphatic hydroxyl groups is 1. The van der Waals surface area contributed by atoms with Crippen molar-refractivity contribution in [3.8, 4) is 0 Å². The van der Waals surface area contributed by atoms with Gasteiger partial charge in [-0.25, -0.2) is 4.79 Å². The van der Waals surface area contributed by atoms with Crippen molar-refractivity contribution in [1.82, 2.24) is 29.3 Å². The van der Waals surface area contributed by atoms with E-state index >= 15 is 0 Å². The number of hydrogen-bond acceptors (Lipinski definition) is 8. The third-order valence-corrected chi connectivity index (χ3v) is 4.81. The molecule has 12 nitrogen and oxygen atoms in total. The molecule has 0 aliphatic carbocycles. The van der Waals surface area contributed by atoms with E-state index in [0.717, 1.165) is 32.1 Å². The topological polar surface area (TPSA) is 164 Å². The van der Waals surface area contributed by atoms with Crippen molar-refractivity contribution in [3.05, 3.63) is 74.0 Å². The van der Waals surface area contributed by atoms with E-state index in [-0.39, 0.29) is 24.5 Å². The number of aliphatic hydroxyl groups excluding tert-OH is 1. The molecule has 0 aliphatic heterocycles. The second-order valence-corrected chi connectivity index (χ2v) is 7.11. The number of rotatable bonds is 6. The molecule has 160 valence electrons. The van der Waals surface area contributed by atoms with Crippen molar-refractivity contribution < 1.29 is 14.3 Å². The van der Waals surface area contributed by atoms with Crippen molar-refractivity contribution in [2.24, 2.45) is 12.8 Å². The molecule has 0 aliphatic rings. The summed E-state index contributed by atoms with van der Waals surface area (Å²) in [5.74, 6) is -0.0134. The number of aryl methyl sites for hydroxylation is 1. The molecule has 0 radical (unpaired) electrons. The fourth-order valence-electron chi connectivity index (χ4n) is 3.24. The standard InChI is InChI=1S/C19H19N7O5/c1-10-5-12-6-11(3-4-15(12)31-10)14(27)8-26-22-16(21-23-26)9-25-7-13(17(20)28)18(29)24(2)19(25)30/h3-7,14,27H,8-9H2,1-2H3,(H2,20,28)/t14-/m0/s1. The molecule has 3 heterocycles. The van der Waals surface area contributed by atoms with Gasteiger partial charge < -0.3 is 15.3 Å². The largest absolute Gasteiger partial charge is 0.461 e. The van der Waals surface area contributed by atoms with Crippen LogP contribution >= 0.6 is 0 Å². The molecule has 0 spiro atoms. The van der Waals surface area contributed by atoms with Crippen LogP contribution in [0.15, 0.2) is 44.5 Å². The number of carbonyl (C=O) groups is 1. The van der Waals surface area contributed by atoms with Crippen LogP contribution in [0.5, 0.6) is 0 Å². The molecule has 0 saturated heterocycles. The summed E-state index contributed by atoms with van der Waals surface area (Å²) < 4.78 is 7.40. The molecular weight excluding hydrogens is 406 g/mol. The maximum atomic E-state index is 12.3. The molecule has 1 aromatic carbocycles. The van der Waals surface area contributed by atoms with Gasteiger partial charge in [0.15, 0.2) is 5.82 Å². The van der Waals surface area contributed by atoms with Crippen LogP contribution in [-0.2, 0) is 20.1 Å². The third-order valence-electron chi connectivity index (χ3n) is 4.81. The van der Waals surface area contributed by atoms with Crippen molar-refractivity contribution in [2.45, 2.75) is 26.1 Å². The molecule has 3 aromatic heterocycles. The van der Waals surface area contributed by atoms with Gasteiger partial charge in [-0.1, -0.05) is 6.07 Å². The number of fused-ring (bicyclic) bond motifs is 1. The summed E-state index contributed by atoms with van der Waals surface area (Å²) in [4.78, 5) is 36.9. The van der Waals surface area contributed by atoms with E-state index in [1.165, 1.54) is 11.8 Å². The monoisotopic (exact) mass is 425 g/mol. The number of tetrazole rings is 1. The van der Waals surface area contributed by atoms with Gasteiger partial charge in [-0.3, -0.25) is 18.7 Å². The van der Waals surface area contributed by atoms with E-state index < -0.39 is 23.3 Å². The summed E-state index contributed by atoms with van der Waals surface area (Å²) in [6.45, 7) is 1.74. The van der Waals surface area contributed by atoms with Crippen LogP contribution in [0.25, 0.3) is 11.0 Å². The third kappa shape index (κ3) is 3.88. The summed E-state index contributed by atoms with van der Waals surface area (Å²) >= 11 is 0. The fraction of sp³-hybridized carbons (Fsp3) is 0.263. The lowest BCUT2D eigenvalue weighted by Crippen LogP contribution is -2.42. The van der Waals surface area contributed by atoms with Crippen LogP contribution in [0.3, 0.4) is 0 Å². The smallest absolute Gasteiger partial charge is 0.331 e. The Bertz CT molecular complexity index is 1410. The zero-order valence-corrected chi connectivity index (χ0v) is 16.7. The van der Waals surface area contributed by atoms with Gasteiger partial charge in [0.25, 0.3) is 11.5 Å². The van der Waals surface area contributed by atoms with Crippen LogP contribution in [0.2, 0.25) is 0 Å². The molecule has 0 fully saturated rings. The lowest BCUT2D eigenvalue weighted by Gasteiger charge is -2.09. The number of primary amides is 1. The van der Waals surface area contributed by atoms with E-state index in [1.54, 1.807) is 12.1 Å². The van der Waals surface area contributed by atoms with Crippen LogP contribution in [-0.4, -0.2) is 40.4 Å². The van der Waals surface area contributed by atoms with Crippen LogP contribution in [0, 0.1) is 6.92 Å². The first-order valence-corrected chi connectivity index (χ1v) is 9.28. The number of amides is 1. The van der Waals surface area contributed by atoms with Gasteiger partial charge in [-0.15, -0.1) is 10.2 Å².